The van der Waals surface area contributed by atoms with Gasteiger partial charge in [0, 0.05) is 17.0 Å². The molecule has 0 radical (unpaired) electrons. The second-order valence-corrected chi connectivity index (χ2v) is 6.86. The number of ether oxygens (including phenoxy) is 3. The van der Waals surface area contributed by atoms with E-state index < -0.39 is 5.97 Å². The summed E-state index contributed by atoms with van der Waals surface area (Å²) in [5, 5.41) is 3.80. The highest BCUT2D eigenvalue weighted by Crippen LogP contribution is 2.39. The lowest BCUT2D eigenvalue weighted by atomic mass is 9.94. The number of hydrogen-bond acceptors (Lipinski definition) is 6. The van der Waals surface area contributed by atoms with Gasteiger partial charge in [0.05, 0.1) is 37.6 Å². The second kappa shape index (κ2) is 12.0. The predicted octanol–water partition coefficient (Wildman–Crippen LogP) is 5.16. The van der Waals surface area contributed by atoms with Crippen LogP contribution in [0.4, 0.5) is 4.39 Å². The van der Waals surface area contributed by atoms with E-state index in [1.165, 1.54) is 19.2 Å². The normalized spacial score (nSPS) is 10.3. The van der Waals surface area contributed by atoms with Crippen LogP contribution in [-0.4, -0.2) is 44.9 Å². The van der Waals surface area contributed by atoms with Crippen molar-refractivity contribution < 1.29 is 23.4 Å². The molecule has 0 aliphatic heterocycles. The lowest BCUT2D eigenvalue weighted by molar-refractivity contribution is 0.0526. The summed E-state index contributed by atoms with van der Waals surface area (Å²) in [7, 11) is 3.08. The third-order valence-electron chi connectivity index (χ3n) is 4.78. The molecule has 3 aromatic rings. The van der Waals surface area contributed by atoms with E-state index in [9.17, 15) is 9.18 Å². The van der Waals surface area contributed by atoms with E-state index in [1.807, 2.05) is 0 Å². The van der Waals surface area contributed by atoms with Gasteiger partial charge >= 0.3 is 5.97 Å². The number of rotatable bonds is 7. The fourth-order valence-corrected chi connectivity index (χ4v) is 3.33. The van der Waals surface area contributed by atoms with Gasteiger partial charge in [-0.25, -0.2) is 9.18 Å². The van der Waals surface area contributed by atoms with Gasteiger partial charge in [0.2, 0.25) is 0 Å². The summed E-state index contributed by atoms with van der Waals surface area (Å²) in [5.41, 5.74) is 2.81. The molecule has 3 rings (SSSR count). The van der Waals surface area contributed by atoms with Gasteiger partial charge in [0.25, 0.3) is 0 Å². The Morgan fingerprint density at radius 1 is 1.00 bits per heavy atom. The maximum Gasteiger partial charge on any atom is 0.340 e. The summed E-state index contributed by atoms with van der Waals surface area (Å²) in [4.78, 5) is 17.2. The first-order valence-corrected chi connectivity index (χ1v) is 10.6. The number of carbonyl (C=O) groups is 1. The van der Waals surface area contributed by atoms with E-state index in [-0.39, 0.29) is 12.4 Å². The van der Waals surface area contributed by atoms with Gasteiger partial charge in [-0.3, -0.25) is 4.98 Å². The number of fused-ring (bicyclic) bond motifs is 1. The summed E-state index contributed by atoms with van der Waals surface area (Å²) >= 11 is 0. The fourth-order valence-electron chi connectivity index (χ4n) is 3.33. The van der Waals surface area contributed by atoms with E-state index in [0.29, 0.717) is 44.8 Å². The Balaban J connectivity index is 0.000000654. The highest BCUT2D eigenvalue weighted by molar-refractivity contribution is 6.08. The molecule has 1 N–H and O–H groups in total. The zero-order valence-electron chi connectivity index (χ0n) is 19.5. The third kappa shape index (κ3) is 5.73. The summed E-state index contributed by atoms with van der Waals surface area (Å²) in [6.45, 7) is 10.1. The number of esters is 1. The minimum atomic E-state index is -0.474. The lowest BCUT2D eigenvalue weighted by Gasteiger charge is -2.17. The molecule has 7 heteroatoms. The quantitative estimate of drug-likeness (QED) is 0.510. The highest BCUT2D eigenvalue weighted by Gasteiger charge is 2.23. The Kier molecular flexibility index (Phi) is 9.40. The smallest absolute Gasteiger partial charge is 0.340 e. The highest BCUT2D eigenvalue weighted by atomic mass is 19.1. The number of carbonyl (C=O) groups excluding carboxylic acids is 1. The predicted molar refractivity (Wildman–Crippen MR) is 125 cm³/mol. The monoisotopic (exact) mass is 442 g/mol. The SMILES string of the molecule is CCNCC.CCOC(=O)c1c(C)nc2cc(OC)c(OC)cc2c1-c1ccc(F)cc1. The van der Waals surface area contributed by atoms with E-state index in [2.05, 4.69) is 24.1 Å². The van der Waals surface area contributed by atoms with Crippen LogP contribution >= 0.6 is 0 Å². The number of halogens is 1. The van der Waals surface area contributed by atoms with Crippen LogP contribution in [0.3, 0.4) is 0 Å². The van der Waals surface area contributed by atoms with Gasteiger partial charge in [0.15, 0.2) is 11.5 Å². The van der Waals surface area contributed by atoms with Crippen molar-refractivity contribution in [3.8, 4) is 22.6 Å². The molecule has 172 valence electrons. The summed E-state index contributed by atoms with van der Waals surface area (Å²) < 4.78 is 29.4. The van der Waals surface area contributed by atoms with Crippen LogP contribution in [0.15, 0.2) is 36.4 Å². The van der Waals surface area contributed by atoms with Crippen molar-refractivity contribution in [2.45, 2.75) is 27.7 Å². The summed E-state index contributed by atoms with van der Waals surface area (Å²) in [6, 6.07) is 9.48. The van der Waals surface area contributed by atoms with Gasteiger partial charge in [-0.15, -0.1) is 0 Å². The Morgan fingerprint density at radius 3 is 2.09 bits per heavy atom. The average Bonchev–Trinajstić information content (AvgIpc) is 2.79. The van der Waals surface area contributed by atoms with E-state index in [0.717, 1.165) is 13.1 Å². The van der Waals surface area contributed by atoms with Crippen molar-refractivity contribution in [1.82, 2.24) is 10.3 Å². The Morgan fingerprint density at radius 2 is 1.59 bits per heavy atom. The first-order chi connectivity index (χ1) is 15.4. The molecule has 1 heterocycles. The number of benzene rings is 2. The first-order valence-electron chi connectivity index (χ1n) is 10.6. The van der Waals surface area contributed by atoms with Crippen LogP contribution in [-0.2, 0) is 4.74 Å². The molecule has 0 aliphatic rings. The van der Waals surface area contributed by atoms with Gasteiger partial charge < -0.3 is 19.5 Å². The molecule has 32 heavy (non-hydrogen) atoms. The molecule has 0 bridgehead atoms. The molecule has 1 aromatic heterocycles. The van der Waals surface area contributed by atoms with Crippen LogP contribution in [0.25, 0.3) is 22.0 Å². The number of nitrogens with one attached hydrogen (secondary N) is 1. The lowest BCUT2D eigenvalue weighted by Crippen LogP contribution is -2.11. The van der Waals surface area contributed by atoms with Crippen molar-refractivity contribution in [3.05, 3.63) is 53.5 Å². The Bertz CT molecular complexity index is 1050. The second-order valence-electron chi connectivity index (χ2n) is 6.86. The molecule has 6 nitrogen and oxygen atoms in total. The van der Waals surface area contributed by atoms with Crippen molar-refractivity contribution in [2.75, 3.05) is 33.9 Å². The van der Waals surface area contributed by atoms with E-state index in [1.54, 1.807) is 45.2 Å². The van der Waals surface area contributed by atoms with Crippen LogP contribution < -0.4 is 14.8 Å². The number of pyridine rings is 1. The minimum absolute atomic E-state index is 0.241. The maximum atomic E-state index is 13.5. The minimum Gasteiger partial charge on any atom is -0.493 e. The fraction of sp³-hybridized carbons (Fsp3) is 0.360. The molecule has 0 saturated heterocycles. The summed E-state index contributed by atoms with van der Waals surface area (Å²) in [6.07, 6.45) is 0. The zero-order chi connectivity index (χ0) is 23.7. The van der Waals surface area contributed by atoms with Crippen LogP contribution in [0, 0.1) is 12.7 Å². The Labute approximate surface area is 188 Å². The molecule has 0 spiro atoms. The number of methoxy groups -OCH3 is 2. The number of aryl methyl sites for hydroxylation is 1. The molecule has 0 fully saturated rings. The summed E-state index contributed by atoms with van der Waals surface area (Å²) in [5.74, 6) is 0.212. The van der Waals surface area contributed by atoms with E-state index >= 15 is 0 Å². The van der Waals surface area contributed by atoms with Crippen molar-refractivity contribution in [1.29, 1.82) is 0 Å². The maximum absolute atomic E-state index is 13.5. The van der Waals surface area contributed by atoms with Crippen LogP contribution in [0.5, 0.6) is 11.5 Å². The zero-order valence-corrected chi connectivity index (χ0v) is 19.5. The van der Waals surface area contributed by atoms with Gasteiger partial charge in [-0.1, -0.05) is 26.0 Å². The molecule has 0 unspecified atom stereocenters. The van der Waals surface area contributed by atoms with Gasteiger partial charge in [-0.2, -0.15) is 0 Å². The molecule has 0 atom stereocenters. The molecule has 2 aromatic carbocycles. The number of aromatic nitrogens is 1. The van der Waals surface area contributed by atoms with Gasteiger partial charge in [0.1, 0.15) is 5.82 Å². The molecule has 0 amide bonds. The largest absolute Gasteiger partial charge is 0.493 e. The molecular weight excluding hydrogens is 411 g/mol. The average molecular weight is 443 g/mol. The van der Waals surface area contributed by atoms with Crippen LogP contribution in [0.1, 0.15) is 36.8 Å². The van der Waals surface area contributed by atoms with Crippen molar-refractivity contribution in [2.24, 2.45) is 0 Å². The van der Waals surface area contributed by atoms with Crippen molar-refractivity contribution in [3.63, 3.8) is 0 Å². The molecule has 0 saturated carbocycles. The molecular formula is C25H31FN2O4. The first kappa shape index (κ1) is 25.1. The van der Waals surface area contributed by atoms with Crippen molar-refractivity contribution >= 4 is 16.9 Å². The van der Waals surface area contributed by atoms with Crippen LogP contribution in [0.2, 0.25) is 0 Å². The Hall–Kier alpha value is -3.19. The standard InChI is InChI=1S/C21H20FNO4.C4H11N/c1-5-27-21(24)19-12(2)23-16-11-18(26-4)17(25-3)10-15(16)20(19)13-6-8-14(22)9-7-13;1-3-5-4-2/h6-11H,5H2,1-4H3;5H,3-4H2,1-2H3. The third-order valence-corrected chi connectivity index (χ3v) is 4.78. The van der Waals surface area contributed by atoms with Gasteiger partial charge in [-0.05, 0) is 50.7 Å². The number of nitrogens with zero attached hydrogens (tertiary/aromatic N) is 1. The topological polar surface area (TPSA) is 69.7 Å². The number of hydrogen-bond donors (Lipinski definition) is 1. The molecule has 0 aliphatic carbocycles. The van der Waals surface area contributed by atoms with E-state index in [4.69, 9.17) is 14.2 Å².